The van der Waals surface area contributed by atoms with E-state index in [4.69, 9.17) is 5.73 Å². The minimum Gasteiger partial charge on any atom is -0.395 e. The van der Waals surface area contributed by atoms with E-state index < -0.39 is 15.8 Å². The molecule has 0 saturated carbocycles. The standard InChI is InChI=1S/C12H13FN2O2S2/c1-8-5-6-18-10(8)7-15-19(16,17)11-4-2-3-9(13)12(11)14/h2-6,15H,7,14H2,1H3. The zero-order valence-electron chi connectivity index (χ0n) is 10.2. The van der Waals surface area contributed by atoms with E-state index >= 15 is 0 Å². The number of nitrogens with one attached hydrogen (secondary N) is 1. The van der Waals surface area contributed by atoms with Crippen molar-refractivity contribution in [3.05, 3.63) is 45.9 Å². The smallest absolute Gasteiger partial charge is 0.243 e. The maximum Gasteiger partial charge on any atom is 0.243 e. The van der Waals surface area contributed by atoms with E-state index in [1.165, 1.54) is 23.5 Å². The third kappa shape index (κ3) is 2.94. The fraction of sp³-hybridized carbons (Fsp3) is 0.167. The number of nitrogen functional groups attached to an aromatic ring is 1. The van der Waals surface area contributed by atoms with Crippen LogP contribution in [0.15, 0.2) is 34.5 Å². The maximum absolute atomic E-state index is 13.3. The van der Waals surface area contributed by atoms with Crippen LogP contribution in [-0.2, 0) is 16.6 Å². The number of halogens is 1. The van der Waals surface area contributed by atoms with Gasteiger partial charge in [-0.1, -0.05) is 6.07 Å². The van der Waals surface area contributed by atoms with Crippen LogP contribution in [0.5, 0.6) is 0 Å². The summed E-state index contributed by atoms with van der Waals surface area (Å²) in [5.41, 5.74) is 6.11. The molecular formula is C12H13FN2O2S2. The summed E-state index contributed by atoms with van der Waals surface area (Å²) in [6, 6.07) is 5.63. The quantitative estimate of drug-likeness (QED) is 0.851. The van der Waals surface area contributed by atoms with Gasteiger partial charge in [-0.2, -0.15) is 0 Å². The topological polar surface area (TPSA) is 72.2 Å². The lowest BCUT2D eigenvalue weighted by Crippen LogP contribution is -2.24. The molecule has 1 aromatic heterocycles. The number of rotatable bonds is 4. The molecule has 4 nitrogen and oxygen atoms in total. The molecule has 7 heteroatoms. The lowest BCUT2D eigenvalue weighted by atomic mass is 10.3. The van der Waals surface area contributed by atoms with Gasteiger partial charge in [0.1, 0.15) is 10.7 Å². The Morgan fingerprint density at radius 2 is 2.11 bits per heavy atom. The van der Waals surface area contributed by atoms with Gasteiger partial charge in [0.25, 0.3) is 0 Å². The highest BCUT2D eigenvalue weighted by atomic mass is 32.2. The molecule has 3 N–H and O–H groups in total. The largest absolute Gasteiger partial charge is 0.395 e. The van der Waals surface area contributed by atoms with Crippen molar-refractivity contribution in [3.8, 4) is 0 Å². The van der Waals surface area contributed by atoms with Crippen LogP contribution in [0, 0.1) is 12.7 Å². The number of nitrogens with two attached hydrogens (primary N) is 1. The van der Waals surface area contributed by atoms with Crippen molar-refractivity contribution >= 4 is 27.0 Å². The molecule has 1 aromatic carbocycles. The SMILES string of the molecule is Cc1ccsc1CNS(=O)(=O)c1cccc(F)c1N. The monoisotopic (exact) mass is 300 g/mol. The predicted octanol–water partition coefficient (Wildman–Crippen LogP) is 2.26. The van der Waals surface area contributed by atoms with E-state index in [2.05, 4.69) is 4.72 Å². The van der Waals surface area contributed by atoms with Gasteiger partial charge >= 0.3 is 0 Å². The van der Waals surface area contributed by atoms with E-state index in [9.17, 15) is 12.8 Å². The molecule has 0 saturated heterocycles. The Morgan fingerprint density at radius 1 is 1.37 bits per heavy atom. The molecule has 0 radical (unpaired) electrons. The Labute approximate surface area is 115 Å². The fourth-order valence-corrected chi connectivity index (χ4v) is 3.65. The number of sulfonamides is 1. The van der Waals surface area contributed by atoms with Gasteiger partial charge in [-0.3, -0.25) is 0 Å². The Hall–Kier alpha value is -1.44. The molecule has 102 valence electrons. The number of benzene rings is 1. The summed E-state index contributed by atoms with van der Waals surface area (Å²) >= 11 is 1.46. The average molecular weight is 300 g/mol. The molecule has 0 fully saturated rings. The van der Waals surface area contributed by atoms with Crippen molar-refractivity contribution in [1.29, 1.82) is 0 Å². The first-order valence-electron chi connectivity index (χ1n) is 5.48. The Bertz CT molecular complexity index is 696. The van der Waals surface area contributed by atoms with Crippen molar-refractivity contribution in [1.82, 2.24) is 4.72 Å². The highest BCUT2D eigenvalue weighted by Crippen LogP contribution is 2.22. The summed E-state index contributed by atoms with van der Waals surface area (Å²) < 4.78 is 39.8. The lowest BCUT2D eigenvalue weighted by Gasteiger charge is -2.09. The van der Waals surface area contributed by atoms with Crippen LogP contribution in [-0.4, -0.2) is 8.42 Å². The summed E-state index contributed by atoms with van der Waals surface area (Å²) in [7, 11) is -3.81. The summed E-state index contributed by atoms with van der Waals surface area (Å²) in [5.74, 6) is -0.741. The second-order valence-electron chi connectivity index (χ2n) is 4.00. The van der Waals surface area contributed by atoms with Gasteiger partial charge in [0, 0.05) is 11.4 Å². The number of anilines is 1. The van der Waals surface area contributed by atoms with Gasteiger partial charge in [0.05, 0.1) is 5.69 Å². The van der Waals surface area contributed by atoms with Crippen molar-refractivity contribution < 1.29 is 12.8 Å². The van der Waals surface area contributed by atoms with Gasteiger partial charge in [-0.15, -0.1) is 11.3 Å². The Morgan fingerprint density at radius 3 is 2.74 bits per heavy atom. The molecule has 0 bridgehead atoms. The first kappa shape index (κ1) is 14.0. The second kappa shape index (κ2) is 5.28. The van der Waals surface area contributed by atoms with E-state index in [1.807, 2.05) is 18.4 Å². The third-order valence-electron chi connectivity index (χ3n) is 2.69. The normalized spacial score (nSPS) is 11.7. The summed E-state index contributed by atoms with van der Waals surface area (Å²) in [6.45, 7) is 2.07. The molecule has 0 spiro atoms. The van der Waals surface area contributed by atoms with Crippen LogP contribution in [0.1, 0.15) is 10.4 Å². The average Bonchev–Trinajstić information content (AvgIpc) is 2.76. The van der Waals surface area contributed by atoms with Gasteiger partial charge < -0.3 is 5.73 Å². The summed E-state index contributed by atoms with van der Waals surface area (Å²) in [5, 5.41) is 1.88. The van der Waals surface area contributed by atoms with Crippen molar-refractivity contribution in [2.45, 2.75) is 18.4 Å². The van der Waals surface area contributed by atoms with Crippen LogP contribution in [0.4, 0.5) is 10.1 Å². The van der Waals surface area contributed by atoms with E-state index in [0.29, 0.717) is 0 Å². The van der Waals surface area contributed by atoms with Crippen LogP contribution in [0.2, 0.25) is 0 Å². The summed E-state index contributed by atoms with van der Waals surface area (Å²) in [4.78, 5) is 0.681. The number of hydrogen-bond donors (Lipinski definition) is 2. The molecule has 2 rings (SSSR count). The van der Waals surface area contributed by atoms with Crippen molar-refractivity contribution in [2.24, 2.45) is 0 Å². The van der Waals surface area contributed by atoms with Crippen molar-refractivity contribution in [2.75, 3.05) is 5.73 Å². The van der Waals surface area contributed by atoms with Crippen LogP contribution < -0.4 is 10.5 Å². The van der Waals surface area contributed by atoms with Crippen LogP contribution in [0.3, 0.4) is 0 Å². The predicted molar refractivity (Wildman–Crippen MR) is 73.9 cm³/mol. The molecule has 0 amide bonds. The molecule has 0 aliphatic carbocycles. The molecule has 0 aliphatic heterocycles. The zero-order valence-corrected chi connectivity index (χ0v) is 11.8. The number of hydrogen-bond acceptors (Lipinski definition) is 4. The molecule has 19 heavy (non-hydrogen) atoms. The van der Waals surface area contributed by atoms with Gasteiger partial charge in [-0.25, -0.2) is 17.5 Å². The Kier molecular flexibility index (Phi) is 3.88. The van der Waals surface area contributed by atoms with Gasteiger partial charge in [-0.05, 0) is 36.1 Å². The minimum atomic E-state index is -3.81. The zero-order chi connectivity index (χ0) is 14.0. The third-order valence-corrected chi connectivity index (χ3v) is 5.18. The molecule has 0 aliphatic rings. The lowest BCUT2D eigenvalue weighted by molar-refractivity contribution is 0.579. The highest BCUT2D eigenvalue weighted by molar-refractivity contribution is 7.89. The summed E-state index contributed by atoms with van der Waals surface area (Å²) in [6.07, 6.45) is 0. The molecular weight excluding hydrogens is 287 g/mol. The molecule has 1 heterocycles. The number of aryl methyl sites for hydroxylation is 1. The van der Waals surface area contributed by atoms with Gasteiger partial charge in [0.15, 0.2) is 0 Å². The van der Waals surface area contributed by atoms with E-state index in [0.717, 1.165) is 16.5 Å². The van der Waals surface area contributed by atoms with Crippen LogP contribution >= 0.6 is 11.3 Å². The second-order valence-corrected chi connectivity index (χ2v) is 6.74. The number of thiophene rings is 1. The van der Waals surface area contributed by atoms with Crippen LogP contribution in [0.25, 0.3) is 0 Å². The van der Waals surface area contributed by atoms with Crippen molar-refractivity contribution in [3.63, 3.8) is 0 Å². The molecule has 2 aromatic rings. The van der Waals surface area contributed by atoms with E-state index in [1.54, 1.807) is 0 Å². The fourth-order valence-electron chi connectivity index (χ4n) is 1.58. The van der Waals surface area contributed by atoms with Gasteiger partial charge in [0.2, 0.25) is 10.0 Å². The number of para-hydroxylation sites is 1. The minimum absolute atomic E-state index is 0.168. The molecule has 0 atom stereocenters. The Balaban J connectivity index is 2.24. The van der Waals surface area contributed by atoms with E-state index in [-0.39, 0.29) is 17.1 Å². The highest BCUT2D eigenvalue weighted by Gasteiger charge is 2.19. The first-order valence-corrected chi connectivity index (χ1v) is 7.85. The first-order chi connectivity index (χ1) is 8.92. The molecule has 0 unspecified atom stereocenters. The maximum atomic E-state index is 13.3.